The summed E-state index contributed by atoms with van der Waals surface area (Å²) in [7, 11) is 1.59. The summed E-state index contributed by atoms with van der Waals surface area (Å²) in [4.78, 5) is 0. The molecule has 1 aliphatic heterocycles. The molecule has 110 valence electrons. The molecule has 0 spiro atoms. The highest BCUT2D eigenvalue weighted by Gasteiger charge is 2.19. The molecule has 21 heavy (non-hydrogen) atoms. The van der Waals surface area contributed by atoms with Crippen LogP contribution in [0.4, 0.5) is 0 Å². The van der Waals surface area contributed by atoms with Crippen LogP contribution in [0.1, 0.15) is 11.1 Å². The van der Waals surface area contributed by atoms with Crippen LogP contribution < -0.4 is 14.2 Å². The number of benzene rings is 2. The minimum atomic E-state index is 0.0632. The van der Waals surface area contributed by atoms with Crippen LogP contribution >= 0.6 is 0 Å². The monoisotopic (exact) mass is 288 g/mol. The van der Waals surface area contributed by atoms with Crippen LogP contribution in [-0.2, 0) is 12.8 Å². The molecule has 2 aromatic carbocycles. The third kappa shape index (κ3) is 2.81. The Balaban J connectivity index is 1.79. The lowest BCUT2D eigenvalue weighted by Crippen LogP contribution is -1.94. The molecule has 3 rings (SSSR count). The van der Waals surface area contributed by atoms with Crippen LogP contribution in [0.15, 0.2) is 30.3 Å². The Hall–Kier alpha value is -2.56. The van der Waals surface area contributed by atoms with E-state index < -0.39 is 0 Å². The molecule has 0 atom stereocenters. The molecule has 0 aliphatic carbocycles. The molecule has 1 aliphatic rings. The first-order valence-corrected chi connectivity index (χ1v) is 6.64. The predicted octanol–water partition coefficient (Wildman–Crippen LogP) is 2.62. The van der Waals surface area contributed by atoms with Gasteiger partial charge in [0.25, 0.3) is 0 Å². The van der Waals surface area contributed by atoms with E-state index in [1.807, 2.05) is 12.1 Å². The number of hydrogen-bond acceptors (Lipinski definition) is 5. The Bertz CT molecular complexity index is 646. The third-order valence-corrected chi connectivity index (χ3v) is 3.38. The average molecular weight is 288 g/mol. The number of rotatable bonds is 4. The molecule has 0 aromatic heterocycles. The summed E-state index contributed by atoms with van der Waals surface area (Å²) in [6.45, 7) is 0.204. The van der Waals surface area contributed by atoms with Gasteiger partial charge in [-0.1, -0.05) is 0 Å². The van der Waals surface area contributed by atoms with E-state index in [-0.39, 0.29) is 18.3 Å². The maximum absolute atomic E-state index is 9.48. The van der Waals surface area contributed by atoms with E-state index in [1.54, 1.807) is 19.2 Å². The quantitative estimate of drug-likeness (QED) is 0.905. The smallest absolute Gasteiger partial charge is 0.231 e. The molecule has 0 radical (unpaired) electrons. The van der Waals surface area contributed by atoms with E-state index in [0.717, 1.165) is 17.5 Å². The minimum absolute atomic E-state index is 0.0632. The van der Waals surface area contributed by atoms with Gasteiger partial charge in [0.15, 0.2) is 11.5 Å². The van der Waals surface area contributed by atoms with Gasteiger partial charge in [-0.3, -0.25) is 0 Å². The fourth-order valence-corrected chi connectivity index (χ4v) is 2.42. The summed E-state index contributed by atoms with van der Waals surface area (Å²) in [5, 5.41) is 19.0. The van der Waals surface area contributed by atoms with Crippen molar-refractivity contribution in [3.05, 3.63) is 41.5 Å². The van der Waals surface area contributed by atoms with Gasteiger partial charge in [0.1, 0.15) is 11.5 Å². The minimum Gasteiger partial charge on any atom is -0.508 e. The first-order chi connectivity index (χ1) is 10.2. The number of phenolic OH excluding ortho intramolecular Hbond substituents is 2. The van der Waals surface area contributed by atoms with Gasteiger partial charge in [0.05, 0.1) is 7.11 Å². The second-order valence-electron chi connectivity index (χ2n) is 4.89. The fraction of sp³-hybridized carbons (Fsp3) is 0.250. The van der Waals surface area contributed by atoms with Crippen molar-refractivity contribution in [2.45, 2.75) is 12.8 Å². The van der Waals surface area contributed by atoms with Gasteiger partial charge in [-0.2, -0.15) is 0 Å². The Kier molecular flexibility index (Phi) is 3.48. The molecule has 0 amide bonds. The highest BCUT2D eigenvalue weighted by Crippen LogP contribution is 2.42. The van der Waals surface area contributed by atoms with Gasteiger partial charge in [-0.15, -0.1) is 0 Å². The lowest BCUT2D eigenvalue weighted by Gasteiger charge is -2.09. The molecular formula is C16H16O5. The van der Waals surface area contributed by atoms with Gasteiger partial charge in [0, 0.05) is 6.07 Å². The zero-order valence-corrected chi connectivity index (χ0v) is 11.6. The van der Waals surface area contributed by atoms with Crippen molar-refractivity contribution < 1.29 is 24.4 Å². The molecule has 2 aromatic rings. The van der Waals surface area contributed by atoms with Gasteiger partial charge < -0.3 is 24.4 Å². The summed E-state index contributed by atoms with van der Waals surface area (Å²) in [6, 6.07) is 8.44. The van der Waals surface area contributed by atoms with E-state index in [0.29, 0.717) is 23.7 Å². The Morgan fingerprint density at radius 1 is 0.952 bits per heavy atom. The SMILES string of the molecule is COc1cc(CCc2cc(O)cc(O)c2)cc2c1OCO2. The van der Waals surface area contributed by atoms with Crippen LogP contribution in [0.25, 0.3) is 0 Å². The second-order valence-corrected chi connectivity index (χ2v) is 4.89. The van der Waals surface area contributed by atoms with Gasteiger partial charge >= 0.3 is 0 Å². The van der Waals surface area contributed by atoms with Crippen LogP contribution in [0.3, 0.4) is 0 Å². The maximum atomic E-state index is 9.48. The summed E-state index contributed by atoms with van der Waals surface area (Å²) in [5.41, 5.74) is 1.91. The lowest BCUT2D eigenvalue weighted by molar-refractivity contribution is 0.171. The average Bonchev–Trinajstić information content (AvgIpc) is 2.91. The fourth-order valence-electron chi connectivity index (χ4n) is 2.42. The zero-order chi connectivity index (χ0) is 14.8. The molecule has 0 fully saturated rings. The second kappa shape index (κ2) is 5.44. The molecule has 2 N–H and O–H groups in total. The Morgan fingerprint density at radius 2 is 1.62 bits per heavy atom. The molecule has 5 heteroatoms. The summed E-state index contributed by atoms with van der Waals surface area (Å²) < 4.78 is 16.0. The number of ether oxygens (including phenoxy) is 3. The van der Waals surface area contributed by atoms with Gasteiger partial charge in [0.2, 0.25) is 12.5 Å². The van der Waals surface area contributed by atoms with Crippen molar-refractivity contribution in [1.82, 2.24) is 0 Å². The van der Waals surface area contributed by atoms with Crippen molar-refractivity contribution in [3.8, 4) is 28.7 Å². The summed E-state index contributed by atoms with van der Waals surface area (Å²) >= 11 is 0. The molecule has 0 saturated heterocycles. The first kappa shape index (κ1) is 13.4. The number of hydrogen-bond donors (Lipinski definition) is 2. The van der Waals surface area contributed by atoms with Crippen LogP contribution in [0.5, 0.6) is 28.7 Å². The maximum Gasteiger partial charge on any atom is 0.231 e. The largest absolute Gasteiger partial charge is 0.508 e. The normalized spacial score (nSPS) is 12.4. The van der Waals surface area contributed by atoms with Crippen LogP contribution in [0.2, 0.25) is 0 Å². The number of aromatic hydroxyl groups is 2. The van der Waals surface area contributed by atoms with Crippen molar-refractivity contribution in [2.24, 2.45) is 0 Å². The highest BCUT2D eigenvalue weighted by molar-refractivity contribution is 5.55. The first-order valence-electron chi connectivity index (χ1n) is 6.64. The predicted molar refractivity (Wildman–Crippen MR) is 76.3 cm³/mol. The molecule has 5 nitrogen and oxygen atoms in total. The molecule has 1 heterocycles. The standard InChI is InChI=1S/C16H16O5/c1-19-14-6-11(7-15-16(14)21-9-20-15)3-2-10-4-12(17)8-13(18)5-10/h4-8,17-18H,2-3,9H2,1H3. The Morgan fingerprint density at radius 3 is 2.29 bits per heavy atom. The van der Waals surface area contributed by atoms with Crippen molar-refractivity contribution in [3.63, 3.8) is 0 Å². The van der Waals surface area contributed by atoms with Crippen molar-refractivity contribution in [1.29, 1.82) is 0 Å². The molecule has 0 bridgehead atoms. The molecular weight excluding hydrogens is 272 g/mol. The van der Waals surface area contributed by atoms with Crippen LogP contribution in [-0.4, -0.2) is 24.1 Å². The summed E-state index contributed by atoms with van der Waals surface area (Å²) in [6.07, 6.45) is 1.42. The molecule has 0 unspecified atom stereocenters. The van der Waals surface area contributed by atoms with Gasteiger partial charge in [-0.05, 0) is 48.2 Å². The van der Waals surface area contributed by atoms with Gasteiger partial charge in [-0.25, -0.2) is 0 Å². The third-order valence-electron chi connectivity index (χ3n) is 3.38. The number of aryl methyl sites for hydroxylation is 2. The van der Waals surface area contributed by atoms with E-state index >= 15 is 0 Å². The van der Waals surface area contributed by atoms with E-state index in [1.165, 1.54) is 6.07 Å². The lowest BCUT2D eigenvalue weighted by atomic mass is 10.0. The number of phenols is 2. The topological polar surface area (TPSA) is 68.2 Å². The van der Waals surface area contributed by atoms with Crippen molar-refractivity contribution >= 4 is 0 Å². The van der Waals surface area contributed by atoms with Crippen molar-refractivity contribution in [2.75, 3.05) is 13.9 Å². The van der Waals surface area contributed by atoms with Crippen LogP contribution in [0, 0.1) is 0 Å². The zero-order valence-electron chi connectivity index (χ0n) is 11.6. The highest BCUT2D eigenvalue weighted by atomic mass is 16.7. The number of fused-ring (bicyclic) bond motifs is 1. The molecule has 0 saturated carbocycles. The van der Waals surface area contributed by atoms with E-state index in [9.17, 15) is 10.2 Å². The van der Waals surface area contributed by atoms with E-state index in [2.05, 4.69) is 0 Å². The van der Waals surface area contributed by atoms with E-state index in [4.69, 9.17) is 14.2 Å². The summed E-state index contributed by atoms with van der Waals surface area (Å²) in [5.74, 6) is 2.10. The number of methoxy groups -OCH3 is 1. The Labute approximate surface area is 122 Å².